The number of nitrogens with one attached hydrogen (secondary N) is 2. The monoisotopic (exact) mass is 211 g/mol. The van der Waals surface area contributed by atoms with Crippen molar-refractivity contribution < 1.29 is 0 Å². The molecule has 0 bridgehead atoms. The third-order valence-electron chi connectivity index (χ3n) is 1.74. The third kappa shape index (κ3) is 3.92. The lowest BCUT2D eigenvalue weighted by atomic mass is 10.2. The van der Waals surface area contributed by atoms with Gasteiger partial charge in [0.2, 0.25) is 0 Å². The highest BCUT2D eigenvalue weighted by Gasteiger charge is 2.10. The van der Waals surface area contributed by atoms with Gasteiger partial charge in [0.15, 0.2) is 11.8 Å². The Balaban J connectivity index is 2.44. The fraction of sp³-hybridized carbons (Fsp3) is 0.750. The highest BCUT2D eigenvalue weighted by Crippen LogP contribution is 2.02. The van der Waals surface area contributed by atoms with E-state index in [0.717, 1.165) is 0 Å². The van der Waals surface area contributed by atoms with Crippen LogP contribution in [-0.4, -0.2) is 33.1 Å². The van der Waals surface area contributed by atoms with Gasteiger partial charge in [0, 0.05) is 6.54 Å². The zero-order valence-corrected chi connectivity index (χ0v) is 9.23. The summed E-state index contributed by atoms with van der Waals surface area (Å²) in [6.07, 6.45) is 0. The number of aromatic amines is 1. The lowest BCUT2D eigenvalue weighted by molar-refractivity contribution is 0.637. The molecular formula is C8H17N7. The minimum Gasteiger partial charge on any atom is -0.370 e. The molecule has 0 spiro atoms. The molecule has 1 atom stereocenters. The number of tetrazole rings is 1. The number of nitrogens with two attached hydrogens (primary N) is 1. The summed E-state index contributed by atoms with van der Waals surface area (Å²) in [6.45, 7) is 6.76. The van der Waals surface area contributed by atoms with Crippen LogP contribution in [0.5, 0.6) is 0 Å². The second kappa shape index (κ2) is 5.28. The minimum absolute atomic E-state index is 0.0975. The zero-order valence-electron chi connectivity index (χ0n) is 9.23. The van der Waals surface area contributed by atoms with Crippen LogP contribution in [0.25, 0.3) is 0 Å². The van der Waals surface area contributed by atoms with Gasteiger partial charge in [-0.2, -0.15) is 5.21 Å². The highest BCUT2D eigenvalue weighted by molar-refractivity contribution is 5.78. The molecular weight excluding hydrogens is 194 g/mol. The Morgan fingerprint density at radius 3 is 2.80 bits per heavy atom. The van der Waals surface area contributed by atoms with Gasteiger partial charge in [-0.05, 0) is 12.8 Å². The normalized spacial score (nSPS) is 14.3. The van der Waals surface area contributed by atoms with Gasteiger partial charge in [-0.15, -0.1) is 10.2 Å². The van der Waals surface area contributed by atoms with E-state index in [1.807, 2.05) is 6.92 Å². The molecule has 0 amide bonds. The summed E-state index contributed by atoms with van der Waals surface area (Å²) >= 11 is 0. The van der Waals surface area contributed by atoms with E-state index in [2.05, 4.69) is 44.8 Å². The van der Waals surface area contributed by atoms with E-state index in [1.165, 1.54) is 0 Å². The van der Waals surface area contributed by atoms with E-state index < -0.39 is 0 Å². The third-order valence-corrected chi connectivity index (χ3v) is 1.74. The van der Waals surface area contributed by atoms with Crippen LogP contribution in [0.15, 0.2) is 4.99 Å². The summed E-state index contributed by atoms with van der Waals surface area (Å²) in [6, 6.07) is -0.0975. The molecule has 1 rings (SSSR count). The summed E-state index contributed by atoms with van der Waals surface area (Å²) in [5.74, 6) is 1.46. The second-order valence-corrected chi connectivity index (χ2v) is 3.76. The predicted molar refractivity (Wildman–Crippen MR) is 57.1 cm³/mol. The fourth-order valence-corrected chi connectivity index (χ4v) is 0.966. The maximum Gasteiger partial charge on any atom is 0.196 e. The van der Waals surface area contributed by atoms with Gasteiger partial charge in [-0.3, -0.25) is 4.99 Å². The second-order valence-electron chi connectivity index (χ2n) is 3.76. The van der Waals surface area contributed by atoms with Crippen LogP contribution in [0, 0.1) is 5.92 Å². The van der Waals surface area contributed by atoms with E-state index in [1.54, 1.807) is 0 Å². The van der Waals surface area contributed by atoms with Crippen LogP contribution < -0.4 is 11.1 Å². The number of hydrogen-bond donors (Lipinski definition) is 3. The Bertz CT molecular complexity index is 303. The summed E-state index contributed by atoms with van der Waals surface area (Å²) < 4.78 is 0. The molecule has 1 heterocycles. The first-order valence-corrected chi connectivity index (χ1v) is 4.89. The van der Waals surface area contributed by atoms with Gasteiger partial charge in [0.1, 0.15) is 0 Å². The van der Waals surface area contributed by atoms with E-state index in [0.29, 0.717) is 24.2 Å². The number of aliphatic imine (C=N–C) groups is 1. The first kappa shape index (κ1) is 11.4. The highest BCUT2D eigenvalue weighted by atomic mass is 15.5. The van der Waals surface area contributed by atoms with Gasteiger partial charge >= 0.3 is 0 Å². The molecule has 7 nitrogen and oxygen atoms in total. The molecule has 15 heavy (non-hydrogen) atoms. The molecule has 0 saturated heterocycles. The molecule has 0 saturated carbocycles. The summed E-state index contributed by atoms with van der Waals surface area (Å²) in [4.78, 5) is 4.17. The lowest BCUT2D eigenvalue weighted by Crippen LogP contribution is -2.34. The maximum atomic E-state index is 5.68. The van der Waals surface area contributed by atoms with Crippen molar-refractivity contribution >= 4 is 5.96 Å². The Kier molecular flexibility index (Phi) is 4.02. The SMILES string of the molecule is CC(C)CN=C(N)NC(C)c1nn[nH]n1. The molecule has 0 aliphatic rings. The van der Waals surface area contributed by atoms with Gasteiger partial charge in [-0.25, -0.2) is 0 Å². The molecule has 0 aliphatic heterocycles. The summed E-state index contributed by atoms with van der Waals surface area (Å²) in [5.41, 5.74) is 5.68. The lowest BCUT2D eigenvalue weighted by Gasteiger charge is -2.10. The van der Waals surface area contributed by atoms with Crippen molar-refractivity contribution in [2.45, 2.75) is 26.8 Å². The standard InChI is InChI=1S/C8H17N7/c1-5(2)4-10-8(9)11-6(3)7-12-14-15-13-7/h5-6H,4H2,1-3H3,(H3,9,10,11)(H,12,13,14,15). The van der Waals surface area contributed by atoms with E-state index in [-0.39, 0.29) is 6.04 Å². The smallest absolute Gasteiger partial charge is 0.196 e. The Morgan fingerprint density at radius 2 is 2.27 bits per heavy atom. The van der Waals surface area contributed by atoms with Crippen molar-refractivity contribution in [3.63, 3.8) is 0 Å². The van der Waals surface area contributed by atoms with Crippen LogP contribution in [0.2, 0.25) is 0 Å². The van der Waals surface area contributed by atoms with Crippen LogP contribution in [0.3, 0.4) is 0 Å². The van der Waals surface area contributed by atoms with Crippen molar-refractivity contribution in [2.75, 3.05) is 6.54 Å². The molecule has 4 N–H and O–H groups in total. The molecule has 7 heteroatoms. The molecule has 84 valence electrons. The molecule has 0 aromatic carbocycles. The van der Waals surface area contributed by atoms with Crippen LogP contribution in [0.1, 0.15) is 32.6 Å². The number of aromatic nitrogens is 4. The molecule has 0 aliphatic carbocycles. The number of rotatable bonds is 4. The van der Waals surface area contributed by atoms with Gasteiger partial charge in [0.05, 0.1) is 6.04 Å². The van der Waals surface area contributed by atoms with Crippen molar-refractivity contribution in [2.24, 2.45) is 16.6 Å². The van der Waals surface area contributed by atoms with Crippen molar-refractivity contribution in [1.82, 2.24) is 25.9 Å². The van der Waals surface area contributed by atoms with Crippen molar-refractivity contribution in [1.29, 1.82) is 0 Å². The Labute approximate surface area is 88.5 Å². The summed E-state index contributed by atoms with van der Waals surface area (Å²) in [5, 5.41) is 16.5. The molecule has 1 aromatic heterocycles. The average molecular weight is 211 g/mol. The zero-order chi connectivity index (χ0) is 11.3. The van der Waals surface area contributed by atoms with Gasteiger partial charge < -0.3 is 11.1 Å². The Morgan fingerprint density at radius 1 is 1.53 bits per heavy atom. The van der Waals surface area contributed by atoms with Crippen molar-refractivity contribution in [3.05, 3.63) is 5.82 Å². The first-order valence-electron chi connectivity index (χ1n) is 4.89. The molecule has 1 unspecified atom stereocenters. The quantitative estimate of drug-likeness (QED) is 0.473. The first-order chi connectivity index (χ1) is 7.09. The van der Waals surface area contributed by atoms with Crippen LogP contribution in [0.4, 0.5) is 0 Å². The fourth-order valence-electron chi connectivity index (χ4n) is 0.966. The largest absolute Gasteiger partial charge is 0.370 e. The molecule has 0 fully saturated rings. The van der Waals surface area contributed by atoms with Crippen molar-refractivity contribution in [3.8, 4) is 0 Å². The van der Waals surface area contributed by atoms with E-state index in [9.17, 15) is 0 Å². The minimum atomic E-state index is -0.0975. The number of nitrogens with zero attached hydrogens (tertiary/aromatic N) is 4. The van der Waals surface area contributed by atoms with E-state index >= 15 is 0 Å². The molecule has 1 aromatic rings. The van der Waals surface area contributed by atoms with Crippen LogP contribution in [-0.2, 0) is 0 Å². The van der Waals surface area contributed by atoms with Crippen LogP contribution >= 0.6 is 0 Å². The summed E-state index contributed by atoms with van der Waals surface area (Å²) in [7, 11) is 0. The van der Waals surface area contributed by atoms with Gasteiger partial charge in [0.25, 0.3) is 0 Å². The number of guanidine groups is 1. The molecule has 0 radical (unpaired) electrons. The Hall–Kier alpha value is -1.66. The number of hydrogen-bond acceptors (Lipinski definition) is 4. The average Bonchev–Trinajstić information content (AvgIpc) is 2.67. The van der Waals surface area contributed by atoms with Gasteiger partial charge in [-0.1, -0.05) is 19.1 Å². The maximum absolute atomic E-state index is 5.68. The van der Waals surface area contributed by atoms with E-state index in [4.69, 9.17) is 5.73 Å². The number of H-pyrrole nitrogens is 1. The topological polar surface area (TPSA) is 105 Å². The predicted octanol–water partition coefficient (Wildman–Crippen LogP) is -0.179.